The number of amides is 1. The standard InChI is InChI=1S/C25H28N4O4S/c1-17-6-8-20(9-7-17)10-11-22-24(19(3)28-33-22)34(31,32)29-14-4-5-21(16-29)25(30)27-23-15-18(2)12-13-26-23/h6-13,15,21H,4-5,14,16H2,1-3H3,(H,26,27,30). The Morgan fingerprint density at radius 1 is 1.12 bits per heavy atom. The molecule has 8 nitrogen and oxygen atoms in total. The number of rotatable bonds is 6. The minimum Gasteiger partial charge on any atom is -0.355 e. The van der Waals surface area contributed by atoms with Gasteiger partial charge < -0.3 is 9.84 Å². The molecule has 1 atom stereocenters. The van der Waals surface area contributed by atoms with Gasteiger partial charge in [0.05, 0.1) is 5.92 Å². The van der Waals surface area contributed by atoms with Crippen molar-refractivity contribution < 1.29 is 17.7 Å². The third-order valence-corrected chi connectivity index (χ3v) is 7.88. The molecule has 1 aliphatic heterocycles. The van der Waals surface area contributed by atoms with Crippen LogP contribution in [0.25, 0.3) is 12.2 Å². The highest BCUT2D eigenvalue weighted by Gasteiger charge is 2.37. The van der Waals surface area contributed by atoms with Gasteiger partial charge in [-0.1, -0.05) is 41.1 Å². The van der Waals surface area contributed by atoms with Crippen LogP contribution in [0.1, 0.15) is 41.0 Å². The fourth-order valence-corrected chi connectivity index (χ4v) is 5.76. The van der Waals surface area contributed by atoms with Gasteiger partial charge in [0.2, 0.25) is 15.9 Å². The predicted octanol–water partition coefficient (Wildman–Crippen LogP) is 4.20. The smallest absolute Gasteiger partial charge is 0.248 e. The van der Waals surface area contributed by atoms with Crippen molar-refractivity contribution in [1.29, 1.82) is 0 Å². The summed E-state index contributed by atoms with van der Waals surface area (Å²) < 4.78 is 33.8. The normalized spacial score (nSPS) is 17.2. The molecule has 1 saturated heterocycles. The van der Waals surface area contributed by atoms with Gasteiger partial charge in [0.1, 0.15) is 11.5 Å². The van der Waals surface area contributed by atoms with E-state index in [1.54, 1.807) is 31.3 Å². The highest BCUT2D eigenvalue weighted by molar-refractivity contribution is 7.89. The van der Waals surface area contributed by atoms with Gasteiger partial charge >= 0.3 is 0 Å². The second-order valence-electron chi connectivity index (χ2n) is 8.62. The first-order valence-corrected chi connectivity index (χ1v) is 12.6. The van der Waals surface area contributed by atoms with Gasteiger partial charge in [0.25, 0.3) is 0 Å². The first-order chi connectivity index (χ1) is 16.2. The van der Waals surface area contributed by atoms with E-state index >= 15 is 0 Å². The highest BCUT2D eigenvalue weighted by Crippen LogP contribution is 2.29. The van der Waals surface area contributed by atoms with Crippen molar-refractivity contribution in [2.24, 2.45) is 5.92 Å². The monoisotopic (exact) mass is 480 g/mol. The van der Waals surface area contributed by atoms with Gasteiger partial charge in [-0.15, -0.1) is 0 Å². The van der Waals surface area contributed by atoms with E-state index in [0.717, 1.165) is 16.7 Å². The van der Waals surface area contributed by atoms with E-state index in [1.807, 2.05) is 44.2 Å². The number of carbonyl (C=O) groups excluding carboxylic acids is 1. The van der Waals surface area contributed by atoms with Crippen molar-refractivity contribution in [3.05, 3.63) is 70.7 Å². The molecule has 0 aliphatic carbocycles. The molecule has 1 unspecified atom stereocenters. The van der Waals surface area contributed by atoms with Gasteiger partial charge in [-0.05, 0) is 62.9 Å². The summed E-state index contributed by atoms with van der Waals surface area (Å²) in [7, 11) is -3.91. The Bertz CT molecular complexity index is 1310. The van der Waals surface area contributed by atoms with Gasteiger partial charge in [-0.3, -0.25) is 4.79 Å². The number of pyridine rings is 1. The van der Waals surface area contributed by atoms with Crippen molar-refractivity contribution in [2.45, 2.75) is 38.5 Å². The number of benzene rings is 1. The number of sulfonamides is 1. The van der Waals surface area contributed by atoms with Crippen molar-refractivity contribution in [3.63, 3.8) is 0 Å². The Morgan fingerprint density at radius 3 is 2.62 bits per heavy atom. The maximum atomic E-state index is 13.6. The van der Waals surface area contributed by atoms with E-state index in [-0.39, 0.29) is 23.1 Å². The molecule has 178 valence electrons. The third kappa shape index (κ3) is 5.26. The predicted molar refractivity (Wildman–Crippen MR) is 130 cm³/mol. The molecule has 0 spiro atoms. The molecule has 1 fully saturated rings. The van der Waals surface area contributed by atoms with E-state index in [1.165, 1.54) is 4.31 Å². The van der Waals surface area contributed by atoms with Crippen LogP contribution in [0, 0.1) is 26.7 Å². The fraction of sp³-hybridized carbons (Fsp3) is 0.320. The maximum absolute atomic E-state index is 13.6. The highest BCUT2D eigenvalue weighted by atomic mass is 32.2. The molecule has 0 bridgehead atoms. The lowest BCUT2D eigenvalue weighted by Crippen LogP contribution is -2.44. The molecule has 1 aliphatic rings. The molecule has 1 amide bonds. The number of aryl methyl sites for hydroxylation is 3. The number of aromatic nitrogens is 2. The quantitative estimate of drug-likeness (QED) is 0.567. The zero-order chi connectivity index (χ0) is 24.3. The zero-order valence-electron chi connectivity index (χ0n) is 19.5. The molecule has 9 heteroatoms. The minimum absolute atomic E-state index is 0.0391. The van der Waals surface area contributed by atoms with Gasteiger partial charge in [-0.2, -0.15) is 4.31 Å². The largest absolute Gasteiger partial charge is 0.355 e. The summed E-state index contributed by atoms with van der Waals surface area (Å²) in [4.78, 5) is 17.0. The van der Waals surface area contributed by atoms with Crippen molar-refractivity contribution in [1.82, 2.24) is 14.4 Å². The van der Waals surface area contributed by atoms with E-state index < -0.39 is 15.9 Å². The fourth-order valence-electron chi connectivity index (χ4n) is 3.98. The second kappa shape index (κ2) is 9.90. The molecule has 34 heavy (non-hydrogen) atoms. The lowest BCUT2D eigenvalue weighted by Gasteiger charge is -2.31. The Kier molecular flexibility index (Phi) is 6.95. The lowest BCUT2D eigenvalue weighted by molar-refractivity contribution is -0.120. The SMILES string of the molecule is Cc1ccc(C=Cc2onc(C)c2S(=O)(=O)N2CCCC(C(=O)Nc3cc(C)ccn3)C2)cc1. The number of nitrogens with one attached hydrogen (secondary N) is 1. The van der Waals surface area contributed by atoms with Crippen LogP contribution >= 0.6 is 0 Å². The second-order valence-corrected chi connectivity index (χ2v) is 10.5. The number of carbonyl (C=O) groups is 1. The van der Waals surface area contributed by atoms with E-state index in [9.17, 15) is 13.2 Å². The van der Waals surface area contributed by atoms with Crippen LogP contribution < -0.4 is 5.32 Å². The molecule has 1 aromatic carbocycles. The average molecular weight is 481 g/mol. The minimum atomic E-state index is -3.91. The van der Waals surface area contributed by atoms with Crippen LogP contribution in [-0.2, 0) is 14.8 Å². The molecule has 3 heterocycles. The number of hydrogen-bond donors (Lipinski definition) is 1. The number of piperidine rings is 1. The van der Waals surface area contributed by atoms with Gasteiger partial charge in [-0.25, -0.2) is 13.4 Å². The number of nitrogens with zero attached hydrogens (tertiary/aromatic N) is 3. The Morgan fingerprint density at radius 2 is 1.88 bits per heavy atom. The summed E-state index contributed by atoms with van der Waals surface area (Å²) >= 11 is 0. The molecule has 2 aromatic heterocycles. The van der Waals surface area contributed by atoms with Gasteiger partial charge in [0, 0.05) is 19.3 Å². The summed E-state index contributed by atoms with van der Waals surface area (Å²) in [6.45, 7) is 5.95. The van der Waals surface area contributed by atoms with Crippen LogP contribution in [-0.4, -0.2) is 41.9 Å². The first kappa shape index (κ1) is 23.8. The summed E-state index contributed by atoms with van der Waals surface area (Å²) in [5.74, 6) is -0.0749. The van der Waals surface area contributed by atoms with Crippen molar-refractivity contribution in [2.75, 3.05) is 18.4 Å². The van der Waals surface area contributed by atoms with Crippen LogP contribution in [0.5, 0.6) is 0 Å². The zero-order valence-corrected chi connectivity index (χ0v) is 20.3. The Labute approximate surface area is 199 Å². The van der Waals surface area contributed by atoms with Gasteiger partial charge in [0.15, 0.2) is 10.7 Å². The van der Waals surface area contributed by atoms with Crippen LogP contribution in [0.15, 0.2) is 52.0 Å². The summed E-state index contributed by atoms with van der Waals surface area (Å²) in [5, 5.41) is 6.71. The van der Waals surface area contributed by atoms with Crippen LogP contribution in [0.2, 0.25) is 0 Å². The molecule has 3 aromatic rings. The molecule has 0 saturated carbocycles. The maximum Gasteiger partial charge on any atom is 0.248 e. The van der Waals surface area contributed by atoms with E-state index in [0.29, 0.717) is 30.9 Å². The summed E-state index contributed by atoms with van der Waals surface area (Å²) in [6.07, 6.45) is 6.22. The number of hydrogen-bond acceptors (Lipinski definition) is 6. The van der Waals surface area contributed by atoms with Crippen molar-refractivity contribution >= 4 is 33.9 Å². The molecule has 0 radical (unpaired) electrons. The molecular formula is C25H28N4O4S. The first-order valence-electron chi connectivity index (χ1n) is 11.2. The Balaban J connectivity index is 1.53. The molecular weight excluding hydrogens is 452 g/mol. The number of anilines is 1. The molecule has 1 N–H and O–H groups in total. The van der Waals surface area contributed by atoms with Crippen LogP contribution in [0.3, 0.4) is 0 Å². The topological polar surface area (TPSA) is 105 Å². The Hall–Kier alpha value is -3.30. The van der Waals surface area contributed by atoms with E-state index in [4.69, 9.17) is 4.52 Å². The molecule has 4 rings (SSSR count). The van der Waals surface area contributed by atoms with Crippen molar-refractivity contribution in [3.8, 4) is 0 Å². The third-order valence-electron chi connectivity index (χ3n) is 5.86. The lowest BCUT2D eigenvalue weighted by atomic mass is 9.99. The summed E-state index contributed by atoms with van der Waals surface area (Å²) in [5.41, 5.74) is 3.33. The summed E-state index contributed by atoms with van der Waals surface area (Å²) in [6, 6.07) is 11.5. The average Bonchev–Trinajstić information content (AvgIpc) is 3.20. The van der Waals surface area contributed by atoms with Crippen LogP contribution in [0.4, 0.5) is 5.82 Å². The van der Waals surface area contributed by atoms with E-state index in [2.05, 4.69) is 15.5 Å².